The van der Waals surface area contributed by atoms with Gasteiger partial charge in [-0.25, -0.2) is 18.0 Å². The van der Waals surface area contributed by atoms with Crippen LogP contribution in [0.2, 0.25) is 0 Å². The molecule has 1 aromatic carbocycles. The summed E-state index contributed by atoms with van der Waals surface area (Å²) in [6, 6.07) is 6.48. The summed E-state index contributed by atoms with van der Waals surface area (Å²) in [5.41, 5.74) is -0.770. The van der Waals surface area contributed by atoms with Crippen LogP contribution in [0.15, 0.2) is 35.2 Å². The van der Waals surface area contributed by atoms with Gasteiger partial charge in [0.05, 0.1) is 4.90 Å². The van der Waals surface area contributed by atoms with Gasteiger partial charge in [0.2, 0.25) is 10.0 Å². The molecule has 9 heteroatoms. The molecule has 1 N–H and O–H groups in total. The monoisotopic (exact) mass is 370 g/mol. The minimum Gasteiger partial charge on any atom is -0.480 e. The highest BCUT2D eigenvalue weighted by Crippen LogP contribution is 2.22. The van der Waals surface area contributed by atoms with Gasteiger partial charge in [0.1, 0.15) is 11.6 Å². The number of piperazine rings is 1. The van der Waals surface area contributed by atoms with E-state index in [2.05, 4.69) is 0 Å². The molecule has 0 saturated carbocycles. The number of benzene rings is 1. The molecule has 0 bridgehead atoms. The van der Waals surface area contributed by atoms with E-state index in [0.29, 0.717) is 0 Å². The van der Waals surface area contributed by atoms with Gasteiger partial charge in [0.25, 0.3) is 0 Å². The SMILES string of the molecule is CC(C)(C)OC(=O)N1CCN(S(=O)(=O)c2ccccc2)CC1C(=O)O. The molecule has 1 atom stereocenters. The molecular weight excluding hydrogens is 348 g/mol. The molecule has 25 heavy (non-hydrogen) atoms. The Morgan fingerprint density at radius 3 is 2.28 bits per heavy atom. The summed E-state index contributed by atoms with van der Waals surface area (Å²) in [6.45, 7) is 4.65. The van der Waals surface area contributed by atoms with Crippen LogP contribution in [0.5, 0.6) is 0 Å². The Bertz CT molecular complexity index is 742. The van der Waals surface area contributed by atoms with Gasteiger partial charge in [0.15, 0.2) is 0 Å². The lowest BCUT2D eigenvalue weighted by molar-refractivity contribution is -0.144. The van der Waals surface area contributed by atoms with E-state index in [-0.39, 0.29) is 24.5 Å². The molecule has 1 aliphatic heterocycles. The number of carbonyl (C=O) groups is 2. The molecule has 1 heterocycles. The molecule has 1 aliphatic rings. The predicted octanol–water partition coefficient (Wildman–Crippen LogP) is 1.38. The fourth-order valence-corrected chi connectivity index (χ4v) is 3.93. The molecule has 2 rings (SSSR count). The van der Waals surface area contributed by atoms with Gasteiger partial charge in [-0.15, -0.1) is 0 Å². The van der Waals surface area contributed by atoms with Crippen LogP contribution in [-0.4, -0.2) is 66.1 Å². The standard InChI is InChI=1S/C16H22N2O6S/c1-16(2,3)24-15(21)18-10-9-17(11-13(18)14(19)20)25(22,23)12-7-5-4-6-8-12/h4-8,13H,9-11H2,1-3H3,(H,19,20). The number of aliphatic carboxylic acids is 1. The molecular formula is C16H22N2O6S. The van der Waals surface area contributed by atoms with Gasteiger partial charge in [-0.1, -0.05) is 18.2 Å². The Hall–Kier alpha value is -2.13. The number of rotatable bonds is 3. The van der Waals surface area contributed by atoms with Crippen molar-refractivity contribution in [1.29, 1.82) is 0 Å². The second-order valence-corrected chi connectivity index (χ2v) is 8.64. The largest absolute Gasteiger partial charge is 0.480 e. The third kappa shape index (κ3) is 4.49. The van der Waals surface area contributed by atoms with E-state index in [1.54, 1.807) is 39.0 Å². The van der Waals surface area contributed by atoms with Crippen LogP contribution in [0.1, 0.15) is 20.8 Å². The van der Waals surface area contributed by atoms with E-state index >= 15 is 0 Å². The van der Waals surface area contributed by atoms with Crippen LogP contribution < -0.4 is 0 Å². The van der Waals surface area contributed by atoms with Crippen molar-refractivity contribution in [2.24, 2.45) is 0 Å². The van der Waals surface area contributed by atoms with E-state index in [4.69, 9.17) is 4.74 Å². The topological polar surface area (TPSA) is 104 Å². The minimum atomic E-state index is -3.82. The zero-order valence-corrected chi connectivity index (χ0v) is 15.2. The fourth-order valence-electron chi connectivity index (χ4n) is 2.47. The van der Waals surface area contributed by atoms with Gasteiger partial charge in [0, 0.05) is 19.6 Å². The Balaban J connectivity index is 2.22. The number of carboxylic acid groups (broad SMARTS) is 1. The van der Waals surface area contributed by atoms with Crippen LogP contribution in [0, 0.1) is 0 Å². The number of ether oxygens (including phenoxy) is 1. The number of nitrogens with zero attached hydrogens (tertiary/aromatic N) is 2. The number of hydrogen-bond acceptors (Lipinski definition) is 5. The molecule has 0 radical (unpaired) electrons. The number of amides is 1. The van der Waals surface area contributed by atoms with Crippen molar-refractivity contribution >= 4 is 22.1 Å². The first-order valence-electron chi connectivity index (χ1n) is 7.80. The summed E-state index contributed by atoms with van der Waals surface area (Å²) in [5.74, 6) is -1.28. The first-order valence-corrected chi connectivity index (χ1v) is 9.24. The van der Waals surface area contributed by atoms with Crippen LogP contribution in [-0.2, 0) is 19.6 Å². The van der Waals surface area contributed by atoms with Gasteiger partial charge in [-0.2, -0.15) is 4.31 Å². The van der Waals surface area contributed by atoms with E-state index < -0.39 is 33.7 Å². The smallest absolute Gasteiger partial charge is 0.411 e. The summed E-state index contributed by atoms with van der Waals surface area (Å²) >= 11 is 0. The van der Waals surface area contributed by atoms with Crippen molar-refractivity contribution in [3.63, 3.8) is 0 Å². The van der Waals surface area contributed by atoms with Gasteiger partial charge >= 0.3 is 12.1 Å². The first kappa shape index (κ1) is 19.2. The van der Waals surface area contributed by atoms with E-state index in [9.17, 15) is 23.1 Å². The lowest BCUT2D eigenvalue weighted by Crippen LogP contribution is -2.59. The lowest BCUT2D eigenvalue weighted by atomic mass is 10.2. The first-order chi connectivity index (χ1) is 11.5. The Labute approximate surface area is 147 Å². The Kier molecular flexibility index (Phi) is 5.38. The van der Waals surface area contributed by atoms with Crippen molar-refractivity contribution in [2.75, 3.05) is 19.6 Å². The van der Waals surface area contributed by atoms with E-state index in [1.165, 1.54) is 12.1 Å². The van der Waals surface area contributed by atoms with E-state index in [0.717, 1.165) is 9.21 Å². The quantitative estimate of drug-likeness (QED) is 0.862. The molecule has 1 fully saturated rings. The highest BCUT2D eigenvalue weighted by Gasteiger charge is 2.41. The number of hydrogen-bond donors (Lipinski definition) is 1. The number of carbonyl (C=O) groups excluding carboxylic acids is 1. The van der Waals surface area contributed by atoms with Gasteiger partial charge < -0.3 is 9.84 Å². The summed E-state index contributed by atoms with van der Waals surface area (Å²) < 4.78 is 31.6. The Morgan fingerprint density at radius 1 is 1.16 bits per heavy atom. The maximum atomic E-state index is 12.7. The summed E-state index contributed by atoms with van der Waals surface area (Å²) in [7, 11) is -3.82. The highest BCUT2D eigenvalue weighted by molar-refractivity contribution is 7.89. The van der Waals surface area contributed by atoms with Crippen molar-refractivity contribution in [3.8, 4) is 0 Å². The third-order valence-corrected chi connectivity index (χ3v) is 5.52. The van der Waals surface area contributed by atoms with E-state index in [1.807, 2.05) is 0 Å². The third-order valence-electron chi connectivity index (χ3n) is 3.64. The molecule has 138 valence electrons. The molecule has 0 aromatic heterocycles. The predicted molar refractivity (Wildman–Crippen MR) is 89.6 cm³/mol. The lowest BCUT2D eigenvalue weighted by Gasteiger charge is -2.39. The Morgan fingerprint density at radius 2 is 1.76 bits per heavy atom. The van der Waals surface area contributed by atoms with Crippen LogP contribution in [0.4, 0.5) is 4.79 Å². The summed E-state index contributed by atoms with van der Waals surface area (Å²) in [4.78, 5) is 24.9. The molecule has 0 aliphatic carbocycles. The van der Waals surface area contributed by atoms with Gasteiger partial charge in [-0.05, 0) is 32.9 Å². The van der Waals surface area contributed by atoms with Gasteiger partial charge in [-0.3, -0.25) is 4.90 Å². The van der Waals surface area contributed by atoms with Crippen molar-refractivity contribution in [3.05, 3.63) is 30.3 Å². The average Bonchev–Trinajstić information content (AvgIpc) is 2.53. The molecule has 1 aromatic rings. The second kappa shape index (κ2) is 7.01. The zero-order chi connectivity index (χ0) is 18.8. The molecule has 0 spiro atoms. The highest BCUT2D eigenvalue weighted by atomic mass is 32.2. The van der Waals surface area contributed by atoms with Crippen molar-refractivity contribution < 1.29 is 27.9 Å². The van der Waals surface area contributed by atoms with Crippen LogP contribution in [0.25, 0.3) is 0 Å². The molecule has 8 nitrogen and oxygen atoms in total. The molecule has 1 unspecified atom stereocenters. The maximum absolute atomic E-state index is 12.7. The minimum absolute atomic E-state index is 0.000248. The average molecular weight is 370 g/mol. The summed E-state index contributed by atoms with van der Waals surface area (Å²) in [6.07, 6.45) is -0.767. The molecule has 1 amide bonds. The number of sulfonamides is 1. The van der Waals surface area contributed by atoms with Crippen LogP contribution >= 0.6 is 0 Å². The maximum Gasteiger partial charge on any atom is 0.411 e. The normalized spacial score (nSPS) is 19.5. The van der Waals surface area contributed by atoms with Crippen LogP contribution in [0.3, 0.4) is 0 Å². The second-order valence-electron chi connectivity index (χ2n) is 6.70. The number of carboxylic acids is 1. The van der Waals surface area contributed by atoms with Crippen molar-refractivity contribution in [1.82, 2.24) is 9.21 Å². The fraction of sp³-hybridized carbons (Fsp3) is 0.500. The summed E-state index contributed by atoms with van der Waals surface area (Å²) in [5, 5.41) is 9.44. The van der Waals surface area contributed by atoms with Crippen molar-refractivity contribution in [2.45, 2.75) is 37.3 Å². The zero-order valence-electron chi connectivity index (χ0n) is 14.4. The molecule has 1 saturated heterocycles.